The summed E-state index contributed by atoms with van der Waals surface area (Å²) < 4.78 is 29.0. The summed E-state index contributed by atoms with van der Waals surface area (Å²) in [6, 6.07) is 11.3. The molecule has 158 valence electrons. The van der Waals surface area contributed by atoms with Crippen LogP contribution >= 0.6 is 0 Å². The van der Waals surface area contributed by atoms with Gasteiger partial charge in [0.05, 0.1) is 5.69 Å². The van der Waals surface area contributed by atoms with Crippen molar-refractivity contribution in [2.45, 2.75) is 18.4 Å². The third kappa shape index (κ3) is 3.88. The summed E-state index contributed by atoms with van der Waals surface area (Å²) in [5.41, 5.74) is 2.01. The number of H-pyrrole nitrogens is 1. The van der Waals surface area contributed by atoms with Gasteiger partial charge >= 0.3 is 0 Å². The summed E-state index contributed by atoms with van der Waals surface area (Å²) in [7, 11) is -1.93. The summed E-state index contributed by atoms with van der Waals surface area (Å²) >= 11 is 0. The average Bonchev–Trinajstić information content (AvgIpc) is 3.27. The van der Waals surface area contributed by atoms with Crippen molar-refractivity contribution in [3.63, 3.8) is 0 Å². The van der Waals surface area contributed by atoms with Crippen molar-refractivity contribution in [1.82, 2.24) is 29.0 Å². The van der Waals surface area contributed by atoms with E-state index in [1.165, 1.54) is 10.5 Å². The Morgan fingerprint density at radius 1 is 1.10 bits per heavy atom. The first-order valence-corrected chi connectivity index (χ1v) is 11.2. The van der Waals surface area contributed by atoms with Gasteiger partial charge in [-0.3, -0.25) is 9.89 Å². The normalized spacial score (nSPS) is 15.9. The Hall–Kier alpha value is -2.98. The maximum absolute atomic E-state index is 12.9. The van der Waals surface area contributed by atoms with Gasteiger partial charge in [0.15, 0.2) is 5.03 Å². The second-order valence-corrected chi connectivity index (χ2v) is 9.20. The molecule has 0 bridgehead atoms. The van der Waals surface area contributed by atoms with E-state index in [1.54, 1.807) is 29.5 Å². The first kappa shape index (κ1) is 20.3. The third-order valence-corrected chi connectivity index (χ3v) is 7.08. The highest BCUT2D eigenvalue weighted by Crippen LogP contribution is 2.20. The molecule has 3 heterocycles. The van der Waals surface area contributed by atoms with Crippen LogP contribution in [0.2, 0.25) is 0 Å². The molecule has 9 nitrogen and oxygen atoms in total. The minimum absolute atomic E-state index is 0.0448. The lowest BCUT2D eigenvalue weighted by Gasteiger charge is -2.20. The predicted molar refractivity (Wildman–Crippen MR) is 111 cm³/mol. The van der Waals surface area contributed by atoms with Crippen LogP contribution in [0.4, 0.5) is 0 Å². The lowest BCUT2D eigenvalue weighted by molar-refractivity contribution is 0.0758. The van der Waals surface area contributed by atoms with Crippen LogP contribution in [0.5, 0.6) is 0 Å². The van der Waals surface area contributed by atoms with E-state index in [0.29, 0.717) is 43.3 Å². The molecule has 0 radical (unpaired) electrons. The number of carbonyl (C=O) groups is 1. The number of rotatable bonds is 4. The number of hydrogen-bond donors (Lipinski definition) is 1. The standard InChI is InChI=1S/C20H24N6O3S/c1-15-21-19(14-24(15)2)30(28,29)26-10-6-9-25(11-12-26)20(27)18-13-17(22-23-18)16-7-4-3-5-8-16/h3-5,7-8,13-14H,6,9-12H2,1-2H3,(H,22,23). The van der Waals surface area contributed by atoms with E-state index in [9.17, 15) is 13.2 Å². The van der Waals surface area contributed by atoms with Crippen LogP contribution in [0, 0.1) is 6.92 Å². The molecular weight excluding hydrogens is 404 g/mol. The Morgan fingerprint density at radius 3 is 2.57 bits per heavy atom. The van der Waals surface area contributed by atoms with Crippen LogP contribution in [0.25, 0.3) is 11.3 Å². The summed E-state index contributed by atoms with van der Waals surface area (Å²) in [6.45, 7) is 3.12. The molecule has 1 amide bonds. The number of amides is 1. The van der Waals surface area contributed by atoms with Crippen molar-refractivity contribution >= 4 is 15.9 Å². The number of carbonyl (C=O) groups excluding carboxylic acids is 1. The predicted octanol–water partition coefficient (Wildman–Crippen LogP) is 1.66. The van der Waals surface area contributed by atoms with Gasteiger partial charge in [-0.25, -0.2) is 13.4 Å². The Morgan fingerprint density at radius 2 is 1.87 bits per heavy atom. The molecule has 0 atom stereocenters. The summed E-state index contributed by atoms with van der Waals surface area (Å²) in [6.07, 6.45) is 2.07. The van der Waals surface area contributed by atoms with E-state index in [0.717, 1.165) is 5.56 Å². The quantitative estimate of drug-likeness (QED) is 0.681. The fraction of sp³-hybridized carbons (Fsp3) is 0.350. The van der Waals surface area contributed by atoms with E-state index >= 15 is 0 Å². The molecule has 30 heavy (non-hydrogen) atoms. The molecule has 1 aromatic carbocycles. The molecule has 1 aliphatic rings. The van der Waals surface area contributed by atoms with Crippen molar-refractivity contribution in [2.75, 3.05) is 26.2 Å². The van der Waals surface area contributed by atoms with Crippen molar-refractivity contribution < 1.29 is 13.2 Å². The van der Waals surface area contributed by atoms with Gasteiger partial charge in [-0.1, -0.05) is 30.3 Å². The molecule has 4 rings (SSSR count). The van der Waals surface area contributed by atoms with E-state index < -0.39 is 10.0 Å². The zero-order valence-corrected chi connectivity index (χ0v) is 17.8. The number of aromatic nitrogens is 4. The second-order valence-electron chi connectivity index (χ2n) is 7.32. The molecule has 1 N–H and O–H groups in total. The number of aromatic amines is 1. The van der Waals surface area contributed by atoms with Crippen molar-refractivity contribution in [1.29, 1.82) is 0 Å². The topological polar surface area (TPSA) is 104 Å². The van der Waals surface area contributed by atoms with Crippen LogP contribution in [0.15, 0.2) is 47.6 Å². The van der Waals surface area contributed by atoms with Gasteiger partial charge in [-0.2, -0.15) is 9.40 Å². The fourth-order valence-corrected chi connectivity index (χ4v) is 4.97. The highest BCUT2D eigenvalue weighted by molar-refractivity contribution is 7.89. The van der Waals surface area contributed by atoms with Gasteiger partial charge in [0.1, 0.15) is 11.5 Å². The first-order valence-electron chi connectivity index (χ1n) is 9.76. The van der Waals surface area contributed by atoms with E-state index in [2.05, 4.69) is 15.2 Å². The Bertz CT molecular complexity index is 1130. The minimum atomic E-state index is -3.69. The van der Waals surface area contributed by atoms with Crippen LogP contribution in [-0.2, 0) is 17.1 Å². The maximum atomic E-state index is 12.9. The summed E-state index contributed by atoms with van der Waals surface area (Å²) in [5, 5.41) is 7.10. The molecule has 10 heteroatoms. The SMILES string of the molecule is Cc1nc(S(=O)(=O)N2CCCN(C(=O)c3cc(-c4ccccc4)n[nH]3)CC2)cn1C. The molecular formula is C20H24N6O3S. The van der Waals surface area contributed by atoms with Crippen molar-refractivity contribution in [3.05, 3.63) is 54.1 Å². The number of benzene rings is 1. The second kappa shape index (κ2) is 8.04. The lowest BCUT2D eigenvalue weighted by Crippen LogP contribution is -2.37. The molecule has 1 saturated heterocycles. The van der Waals surface area contributed by atoms with Gasteiger partial charge in [0.2, 0.25) is 0 Å². The number of imidazole rings is 1. The molecule has 0 unspecified atom stereocenters. The minimum Gasteiger partial charge on any atom is -0.337 e. The number of nitrogens with zero attached hydrogens (tertiary/aromatic N) is 5. The number of aryl methyl sites for hydroxylation is 2. The van der Waals surface area contributed by atoms with Gasteiger partial charge in [-0.15, -0.1) is 0 Å². The highest BCUT2D eigenvalue weighted by atomic mass is 32.2. The molecule has 2 aromatic heterocycles. The maximum Gasteiger partial charge on any atom is 0.271 e. The summed E-state index contributed by atoms with van der Waals surface area (Å²) in [4.78, 5) is 18.8. The molecule has 0 saturated carbocycles. The smallest absolute Gasteiger partial charge is 0.271 e. The van der Waals surface area contributed by atoms with Crippen molar-refractivity contribution in [3.8, 4) is 11.3 Å². The fourth-order valence-electron chi connectivity index (χ4n) is 3.48. The largest absolute Gasteiger partial charge is 0.337 e. The Balaban J connectivity index is 1.47. The van der Waals surface area contributed by atoms with Crippen LogP contribution in [-0.4, -0.2) is 69.5 Å². The van der Waals surface area contributed by atoms with Crippen LogP contribution < -0.4 is 0 Å². The molecule has 0 aliphatic carbocycles. The number of nitrogens with one attached hydrogen (secondary N) is 1. The van der Waals surface area contributed by atoms with E-state index in [-0.39, 0.29) is 17.5 Å². The number of sulfonamides is 1. The van der Waals surface area contributed by atoms with Crippen LogP contribution in [0.3, 0.4) is 0 Å². The molecule has 1 fully saturated rings. The first-order chi connectivity index (χ1) is 14.4. The zero-order valence-electron chi connectivity index (χ0n) is 16.9. The number of hydrogen-bond acceptors (Lipinski definition) is 5. The summed E-state index contributed by atoms with van der Waals surface area (Å²) in [5.74, 6) is 0.450. The van der Waals surface area contributed by atoms with E-state index in [1.807, 2.05) is 30.3 Å². The Labute approximate surface area is 175 Å². The van der Waals surface area contributed by atoms with Crippen LogP contribution in [0.1, 0.15) is 22.7 Å². The van der Waals surface area contributed by atoms with Gasteiger partial charge in [0.25, 0.3) is 15.9 Å². The van der Waals surface area contributed by atoms with Gasteiger partial charge < -0.3 is 9.47 Å². The third-order valence-electron chi connectivity index (χ3n) is 5.31. The molecule has 1 aliphatic heterocycles. The molecule has 3 aromatic rings. The monoisotopic (exact) mass is 428 g/mol. The molecule has 0 spiro atoms. The van der Waals surface area contributed by atoms with Crippen molar-refractivity contribution in [2.24, 2.45) is 7.05 Å². The Kier molecular flexibility index (Phi) is 5.44. The average molecular weight is 429 g/mol. The zero-order chi connectivity index (χ0) is 21.3. The van der Waals surface area contributed by atoms with Gasteiger partial charge in [-0.05, 0) is 19.4 Å². The highest BCUT2D eigenvalue weighted by Gasteiger charge is 2.31. The van der Waals surface area contributed by atoms with E-state index in [4.69, 9.17) is 0 Å². The lowest BCUT2D eigenvalue weighted by atomic mass is 10.1. The van der Waals surface area contributed by atoms with Gasteiger partial charge in [0, 0.05) is 45.0 Å².